The van der Waals surface area contributed by atoms with Crippen LogP contribution in [0.2, 0.25) is 0 Å². The molecule has 3 nitrogen and oxygen atoms in total. The molecule has 0 spiro atoms. The molecule has 0 N–H and O–H groups in total. The van der Waals surface area contributed by atoms with Gasteiger partial charge in [0, 0.05) is 13.1 Å². The summed E-state index contributed by atoms with van der Waals surface area (Å²) in [4.78, 5) is 13.3. The van der Waals surface area contributed by atoms with Gasteiger partial charge in [0.05, 0.1) is 0 Å². The second kappa shape index (κ2) is 8.57. The largest absolute Gasteiger partial charge is 0.445 e. The number of likely N-dealkylation sites (tertiary alicyclic amines) is 1. The van der Waals surface area contributed by atoms with Crippen molar-refractivity contribution in [1.29, 1.82) is 0 Å². The van der Waals surface area contributed by atoms with Gasteiger partial charge in [0.15, 0.2) is 0 Å². The van der Waals surface area contributed by atoms with Gasteiger partial charge in [0.2, 0.25) is 0 Å². The van der Waals surface area contributed by atoms with Crippen molar-refractivity contribution in [3.8, 4) is 0 Å². The molecule has 0 atom stereocenters. The molecule has 0 aliphatic carbocycles. The minimum Gasteiger partial charge on any atom is -0.445 e. The van der Waals surface area contributed by atoms with Crippen LogP contribution in [0.15, 0.2) is 30.3 Å². The van der Waals surface area contributed by atoms with E-state index in [1.165, 1.54) is 6.42 Å². The number of hydrogen-bond donors (Lipinski definition) is 0. The van der Waals surface area contributed by atoms with Gasteiger partial charge in [-0.1, -0.05) is 57.5 Å². The Kier molecular flexibility index (Phi) is 7.01. The lowest BCUT2D eigenvalue weighted by atomic mass is 9.98. The van der Waals surface area contributed by atoms with Gasteiger partial charge in [-0.05, 0) is 17.9 Å². The molecule has 1 aliphatic rings. The van der Waals surface area contributed by atoms with Crippen molar-refractivity contribution < 1.29 is 9.53 Å². The number of benzene rings is 1. The second-order valence-electron chi connectivity index (χ2n) is 4.93. The third kappa shape index (κ3) is 5.33. The summed E-state index contributed by atoms with van der Waals surface area (Å²) in [6, 6.07) is 9.75. The molecule has 0 bridgehead atoms. The van der Waals surface area contributed by atoms with Gasteiger partial charge in [0.1, 0.15) is 6.61 Å². The van der Waals surface area contributed by atoms with Crippen molar-refractivity contribution in [2.24, 2.45) is 5.92 Å². The quantitative estimate of drug-likeness (QED) is 0.822. The molecule has 0 unspecified atom stereocenters. The van der Waals surface area contributed by atoms with E-state index < -0.39 is 0 Å². The Labute approximate surface area is 116 Å². The van der Waals surface area contributed by atoms with Gasteiger partial charge < -0.3 is 9.64 Å². The van der Waals surface area contributed by atoms with Gasteiger partial charge in [0.25, 0.3) is 0 Å². The van der Waals surface area contributed by atoms with Crippen molar-refractivity contribution in [1.82, 2.24) is 4.90 Å². The Bertz CT molecular complexity index is 358. The van der Waals surface area contributed by atoms with Crippen LogP contribution < -0.4 is 0 Å². The van der Waals surface area contributed by atoms with Crippen molar-refractivity contribution in [3.05, 3.63) is 35.9 Å². The maximum atomic E-state index is 11.6. The van der Waals surface area contributed by atoms with Crippen LogP contribution in [0.3, 0.4) is 0 Å². The molecule has 0 radical (unpaired) electrons. The number of ether oxygens (including phenoxy) is 1. The highest BCUT2D eigenvalue weighted by molar-refractivity contribution is 5.68. The van der Waals surface area contributed by atoms with Crippen LogP contribution in [0, 0.1) is 5.92 Å². The lowest BCUT2D eigenvalue weighted by Gasteiger charge is -2.37. The molecule has 1 heterocycles. The van der Waals surface area contributed by atoms with E-state index in [0.29, 0.717) is 12.5 Å². The molecule has 19 heavy (non-hydrogen) atoms. The number of carbonyl (C=O) groups excluding carboxylic acids is 1. The fourth-order valence-corrected chi connectivity index (χ4v) is 1.79. The number of nitrogens with zero attached hydrogens (tertiary/aromatic N) is 1. The van der Waals surface area contributed by atoms with Crippen LogP contribution in [-0.4, -0.2) is 24.1 Å². The Hall–Kier alpha value is -1.51. The zero-order valence-corrected chi connectivity index (χ0v) is 12.3. The molecule has 1 amide bonds. The highest BCUT2D eigenvalue weighted by atomic mass is 16.6. The summed E-state index contributed by atoms with van der Waals surface area (Å²) >= 11 is 0. The summed E-state index contributed by atoms with van der Waals surface area (Å²) in [6.07, 6.45) is 2.20. The summed E-state index contributed by atoms with van der Waals surface area (Å²) in [5, 5.41) is 0. The molecule has 0 aromatic heterocycles. The first-order valence-corrected chi connectivity index (χ1v) is 7.16. The predicted octanol–water partition coefficient (Wildman–Crippen LogP) is 4.08. The van der Waals surface area contributed by atoms with Gasteiger partial charge in [-0.2, -0.15) is 0 Å². The molecule has 1 saturated heterocycles. The number of carbonyl (C=O) groups is 1. The van der Waals surface area contributed by atoms with E-state index in [2.05, 4.69) is 20.8 Å². The normalized spacial score (nSPS) is 14.2. The smallest absolute Gasteiger partial charge is 0.410 e. The minimum atomic E-state index is -0.187. The van der Waals surface area contributed by atoms with Crippen LogP contribution in [-0.2, 0) is 11.3 Å². The first-order chi connectivity index (χ1) is 9.21. The fourth-order valence-electron chi connectivity index (χ4n) is 1.79. The molecular weight excluding hydrogens is 238 g/mol. The van der Waals surface area contributed by atoms with Crippen LogP contribution in [0.4, 0.5) is 4.79 Å². The van der Waals surface area contributed by atoms with Crippen molar-refractivity contribution in [3.63, 3.8) is 0 Å². The average molecular weight is 263 g/mol. The molecule has 2 rings (SSSR count). The molecule has 1 aromatic carbocycles. The lowest BCUT2D eigenvalue weighted by Crippen LogP contribution is -2.49. The first-order valence-electron chi connectivity index (χ1n) is 7.16. The topological polar surface area (TPSA) is 29.5 Å². The summed E-state index contributed by atoms with van der Waals surface area (Å²) in [5.74, 6) is 0.671. The number of rotatable bonds is 3. The minimum absolute atomic E-state index is 0.187. The molecule has 0 saturated carbocycles. The standard InChI is InChI=1S/C13H17NO2.C3H8/c1-2-11-8-14(9-11)13(15)16-10-12-6-4-3-5-7-12;1-3-2/h3-7,11H,2,8-10H2,1H3;3H2,1-2H3. The Morgan fingerprint density at radius 1 is 1.21 bits per heavy atom. The van der Waals surface area contributed by atoms with E-state index in [-0.39, 0.29) is 6.09 Å². The number of amides is 1. The fraction of sp³-hybridized carbons (Fsp3) is 0.562. The van der Waals surface area contributed by atoms with Gasteiger partial charge >= 0.3 is 6.09 Å². The maximum absolute atomic E-state index is 11.6. The average Bonchev–Trinajstić information content (AvgIpc) is 2.37. The molecule has 106 valence electrons. The van der Waals surface area contributed by atoms with E-state index in [9.17, 15) is 4.79 Å². The van der Waals surface area contributed by atoms with Crippen LogP contribution in [0.5, 0.6) is 0 Å². The highest BCUT2D eigenvalue weighted by Crippen LogP contribution is 2.19. The first kappa shape index (κ1) is 15.5. The van der Waals surface area contributed by atoms with Crippen LogP contribution in [0.1, 0.15) is 39.2 Å². The van der Waals surface area contributed by atoms with E-state index in [1.807, 2.05) is 30.3 Å². The van der Waals surface area contributed by atoms with Crippen LogP contribution in [0.25, 0.3) is 0 Å². The molecular formula is C16H25NO2. The maximum Gasteiger partial charge on any atom is 0.410 e. The molecule has 1 fully saturated rings. The summed E-state index contributed by atoms with van der Waals surface area (Å²) < 4.78 is 5.21. The molecule has 1 aromatic rings. The second-order valence-corrected chi connectivity index (χ2v) is 4.93. The molecule has 3 heteroatoms. The van der Waals surface area contributed by atoms with Crippen molar-refractivity contribution in [2.45, 2.75) is 40.2 Å². The van der Waals surface area contributed by atoms with Gasteiger partial charge in [-0.25, -0.2) is 4.79 Å². The van der Waals surface area contributed by atoms with Gasteiger partial charge in [-0.3, -0.25) is 0 Å². The van der Waals surface area contributed by atoms with Crippen LogP contribution >= 0.6 is 0 Å². The lowest BCUT2D eigenvalue weighted by molar-refractivity contribution is 0.0485. The molecule has 1 aliphatic heterocycles. The summed E-state index contributed by atoms with van der Waals surface area (Å²) in [5.41, 5.74) is 1.03. The zero-order valence-electron chi connectivity index (χ0n) is 12.3. The Balaban J connectivity index is 0.000000550. The third-order valence-electron chi connectivity index (χ3n) is 3.00. The summed E-state index contributed by atoms with van der Waals surface area (Å²) in [7, 11) is 0. The number of hydrogen-bond acceptors (Lipinski definition) is 2. The predicted molar refractivity (Wildman–Crippen MR) is 77.9 cm³/mol. The third-order valence-corrected chi connectivity index (χ3v) is 3.00. The van der Waals surface area contributed by atoms with E-state index in [0.717, 1.165) is 25.1 Å². The van der Waals surface area contributed by atoms with E-state index in [4.69, 9.17) is 4.74 Å². The van der Waals surface area contributed by atoms with Crippen molar-refractivity contribution >= 4 is 6.09 Å². The van der Waals surface area contributed by atoms with E-state index in [1.54, 1.807) is 4.90 Å². The van der Waals surface area contributed by atoms with Gasteiger partial charge in [-0.15, -0.1) is 0 Å². The Morgan fingerprint density at radius 3 is 2.32 bits per heavy atom. The van der Waals surface area contributed by atoms with Crippen molar-refractivity contribution in [2.75, 3.05) is 13.1 Å². The SMILES string of the molecule is CCC.CCC1CN(C(=O)OCc2ccccc2)C1. The summed E-state index contributed by atoms with van der Waals surface area (Å²) in [6.45, 7) is 8.47. The Morgan fingerprint density at radius 2 is 1.79 bits per heavy atom. The zero-order chi connectivity index (χ0) is 14.1. The van der Waals surface area contributed by atoms with E-state index >= 15 is 0 Å². The monoisotopic (exact) mass is 263 g/mol. The highest BCUT2D eigenvalue weighted by Gasteiger charge is 2.30.